The first-order chi connectivity index (χ1) is 6.77. The van der Waals surface area contributed by atoms with Crippen molar-refractivity contribution in [2.75, 3.05) is 0 Å². The third kappa shape index (κ3) is 1.54. The van der Waals surface area contributed by atoms with E-state index >= 15 is 0 Å². The SMILES string of the molecule is Cc1cc(-c2cncnc2)c[nH]c1=O. The standard InChI is InChI=1S/C10H9N3O/c1-7-2-8(5-13-10(7)14)9-3-11-6-12-4-9/h2-6H,1H3,(H,13,14). The molecule has 0 fully saturated rings. The van der Waals surface area contributed by atoms with Gasteiger partial charge in [-0.05, 0) is 13.0 Å². The highest BCUT2D eigenvalue weighted by molar-refractivity contribution is 5.60. The summed E-state index contributed by atoms with van der Waals surface area (Å²) in [5.41, 5.74) is 2.44. The Bertz CT molecular complexity index is 490. The van der Waals surface area contributed by atoms with E-state index in [1.54, 1.807) is 25.5 Å². The maximum Gasteiger partial charge on any atom is 0.250 e. The predicted octanol–water partition coefficient (Wildman–Crippen LogP) is 1.14. The smallest absolute Gasteiger partial charge is 0.250 e. The topological polar surface area (TPSA) is 58.6 Å². The molecular formula is C10H9N3O. The van der Waals surface area contributed by atoms with Crippen LogP contribution in [0.2, 0.25) is 0 Å². The largest absolute Gasteiger partial charge is 0.328 e. The van der Waals surface area contributed by atoms with Gasteiger partial charge in [0.05, 0.1) is 0 Å². The molecule has 2 rings (SSSR count). The van der Waals surface area contributed by atoms with E-state index in [0.717, 1.165) is 11.1 Å². The molecule has 4 heteroatoms. The lowest BCUT2D eigenvalue weighted by Gasteiger charge is -1.99. The molecule has 0 aliphatic carbocycles. The Kier molecular flexibility index (Phi) is 2.10. The minimum absolute atomic E-state index is 0.0643. The Balaban J connectivity index is 2.54. The molecule has 0 unspecified atom stereocenters. The molecule has 2 heterocycles. The first-order valence-corrected chi connectivity index (χ1v) is 4.22. The molecule has 0 bridgehead atoms. The molecule has 2 aromatic heterocycles. The second kappa shape index (κ2) is 3.41. The van der Waals surface area contributed by atoms with Crippen LogP contribution in [0.1, 0.15) is 5.56 Å². The predicted molar refractivity (Wildman–Crippen MR) is 52.8 cm³/mol. The Labute approximate surface area is 80.7 Å². The minimum Gasteiger partial charge on any atom is -0.328 e. The third-order valence-electron chi connectivity index (χ3n) is 1.98. The van der Waals surface area contributed by atoms with Crippen molar-refractivity contribution in [2.45, 2.75) is 6.92 Å². The van der Waals surface area contributed by atoms with Gasteiger partial charge in [0, 0.05) is 35.3 Å². The van der Waals surface area contributed by atoms with E-state index < -0.39 is 0 Å². The lowest BCUT2D eigenvalue weighted by molar-refractivity contribution is 1.15. The third-order valence-corrected chi connectivity index (χ3v) is 1.98. The van der Waals surface area contributed by atoms with Crippen molar-refractivity contribution in [3.05, 3.63) is 46.9 Å². The number of aromatic nitrogens is 3. The van der Waals surface area contributed by atoms with Crippen molar-refractivity contribution in [3.8, 4) is 11.1 Å². The second-order valence-electron chi connectivity index (χ2n) is 3.03. The van der Waals surface area contributed by atoms with Crippen LogP contribution in [0, 0.1) is 6.92 Å². The maximum atomic E-state index is 11.1. The van der Waals surface area contributed by atoms with Crippen LogP contribution in [0.3, 0.4) is 0 Å². The molecule has 0 radical (unpaired) electrons. The Morgan fingerprint density at radius 1 is 1.21 bits per heavy atom. The quantitative estimate of drug-likeness (QED) is 0.728. The normalized spacial score (nSPS) is 10.1. The molecule has 0 aliphatic heterocycles. The molecule has 70 valence electrons. The Hall–Kier alpha value is -1.97. The number of rotatable bonds is 1. The van der Waals surface area contributed by atoms with Gasteiger partial charge >= 0.3 is 0 Å². The molecule has 1 N–H and O–H groups in total. The molecule has 0 aromatic carbocycles. The number of aromatic amines is 1. The van der Waals surface area contributed by atoms with E-state index in [9.17, 15) is 4.79 Å². The summed E-state index contributed by atoms with van der Waals surface area (Å²) in [6, 6.07) is 1.82. The summed E-state index contributed by atoms with van der Waals surface area (Å²) in [5.74, 6) is 0. The van der Waals surface area contributed by atoms with Crippen LogP contribution in [0.4, 0.5) is 0 Å². The number of nitrogens with zero attached hydrogens (tertiary/aromatic N) is 2. The van der Waals surface area contributed by atoms with Gasteiger partial charge in [-0.3, -0.25) is 4.79 Å². The number of aryl methyl sites for hydroxylation is 1. The highest BCUT2D eigenvalue weighted by atomic mass is 16.1. The van der Waals surface area contributed by atoms with Crippen LogP contribution in [0.25, 0.3) is 11.1 Å². The van der Waals surface area contributed by atoms with Crippen LogP contribution in [-0.2, 0) is 0 Å². The number of H-pyrrole nitrogens is 1. The van der Waals surface area contributed by atoms with E-state index in [4.69, 9.17) is 0 Å². The molecule has 0 saturated carbocycles. The summed E-state index contributed by atoms with van der Waals surface area (Å²) in [7, 11) is 0. The highest BCUT2D eigenvalue weighted by Gasteiger charge is 1.99. The molecule has 2 aromatic rings. The number of hydrogen-bond donors (Lipinski definition) is 1. The second-order valence-corrected chi connectivity index (χ2v) is 3.03. The number of hydrogen-bond acceptors (Lipinski definition) is 3. The molecule has 0 aliphatic rings. The molecule has 4 nitrogen and oxygen atoms in total. The van der Waals surface area contributed by atoms with Crippen LogP contribution < -0.4 is 5.56 Å². The Morgan fingerprint density at radius 3 is 2.57 bits per heavy atom. The van der Waals surface area contributed by atoms with Gasteiger partial charge in [-0.15, -0.1) is 0 Å². The average Bonchev–Trinajstić information content (AvgIpc) is 2.23. The van der Waals surface area contributed by atoms with Gasteiger partial charge in [0.25, 0.3) is 5.56 Å². The zero-order valence-electron chi connectivity index (χ0n) is 7.69. The van der Waals surface area contributed by atoms with Crippen molar-refractivity contribution in [3.63, 3.8) is 0 Å². The van der Waals surface area contributed by atoms with Crippen molar-refractivity contribution in [2.24, 2.45) is 0 Å². The van der Waals surface area contributed by atoms with Crippen molar-refractivity contribution >= 4 is 0 Å². The minimum atomic E-state index is -0.0643. The maximum absolute atomic E-state index is 11.1. The fraction of sp³-hybridized carbons (Fsp3) is 0.100. The summed E-state index contributed by atoms with van der Waals surface area (Å²) >= 11 is 0. The number of nitrogens with one attached hydrogen (secondary N) is 1. The van der Waals surface area contributed by atoms with E-state index in [2.05, 4.69) is 15.0 Å². The summed E-state index contributed by atoms with van der Waals surface area (Å²) < 4.78 is 0. The molecular weight excluding hydrogens is 178 g/mol. The van der Waals surface area contributed by atoms with E-state index in [-0.39, 0.29) is 5.56 Å². The van der Waals surface area contributed by atoms with Gasteiger partial charge in [-0.2, -0.15) is 0 Å². The summed E-state index contributed by atoms with van der Waals surface area (Å²) in [6.07, 6.45) is 6.55. The molecule has 0 saturated heterocycles. The fourth-order valence-corrected chi connectivity index (χ4v) is 1.21. The zero-order chi connectivity index (χ0) is 9.97. The van der Waals surface area contributed by atoms with Gasteiger partial charge in [-0.1, -0.05) is 0 Å². The van der Waals surface area contributed by atoms with Gasteiger partial charge in [0.2, 0.25) is 0 Å². The zero-order valence-corrected chi connectivity index (χ0v) is 7.69. The molecule has 0 amide bonds. The lowest BCUT2D eigenvalue weighted by Crippen LogP contribution is -2.07. The highest BCUT2D eigenvalue weighted by Crippen LogP contribution is 2.14. The lowest BCUT2D eigenvalue weighted by atomic mass is 10.1. The van der Waals surface area contributed by atoms with Gasteiger partial charge in [0.15, 0.2) is 0 Å². The Morgan fingerprint density at radius 2 is 1.93 bits per heavy atom. The van der Waals surface area contributed by atoms with E-state index in [0.29, 0.717) is 5.56 Å². The van der Waals surface area contributed by atoms with Gasteiger partial charge in [-0.25, -0.2) is 9.97 Å². The van der Waals surface area contributed by atoms with E-state index in [1.165, 1.54) is 6.33 Å². The van der Waals surface area contributed by atoms with E-state index in [1.807, 2.05) is 6.07 Å². The van der Waals surface area contributed by atoms with Crippen LogP contribution in [0.5, 0.6) is 0 Å². The number of pyridine rings is 1. The van der Waals surface area contributed by atoms with Crippen LogP contribution in [0.15, 0.2) is 35.8 Å². The average molecular weight is 187 g/mol. The molecule has 14 heavy (non-hydrogen) atoms. The molecule has 0 spiro atoms. The molecule has 0 atom stereocenters. The summed E-state index contributed by atoms with van der Waals surface area (Å²) in [4.78, 5) is 21.6. The van der Waals surface area contributed by atoms with Crippen molar-refractivity contribution in [1.29, 1.82) is 0 Å². The summed E-state index contributed by atoms with van der Waals surface area (Å²) in [6.45, 7) is 1.77. The first-order valence-electron chi connectivity index (χ1n) is 4.22. The fourth-order valence-electron chi connectivity index (χ4n) is 1.21. The monoisotopic (exact) mass is 187 g/mol. The van der Waals surface area contributed by atoms with Crippen LogP contribution >= 0.6 is 0 Å². The van der Waals surface area contributed by atoms with Crippen molar-refractivity contribution < 1.29 is 0 Å². The van der Waals surface area contributed by atoms with Gasteiger partial charge in [0.1, 0.15) is 6.33 Å². The summed E-state index contributed by atoms with van der Waals surface area (Å²) in [5, 5.41) is 0. The van der Waals surface area contributed by atoms with Crippen molar-refractivity contribution in [1.82, 2.24) is 15.0 Å². The first kappa shape index (κ1) is 8.62. The van der Waals surface area contributed by atoms with Crippen LogP contribution in [-0.4, -0.2) is 15.0 Å². The van der Waals surface area contributed by atoms with Gasteiger partial charge < -0.3 is 4.98 Å².